The van der Waals surface area contributed by atoms with Crippen LogP contribution >= 0.6 is 0 Å². The third kappa shape index (κ3) is 5.73. The van der Waals surface area contributed by atoms with Gasteiger partial charge in [0, 0.05) is 12.6 Å². The fraction of sp³-hybridized carbons (Fsp3) is 0.950. The molecule has 1 N–H and O–H groups in total. The molecule has 0 amide bonds. The SMILES string of the molecule is CCN(CC(=O)O)C1CCN(CC2CCC(C(C)(C)C)CC2)CC1. The molecule has 1 saturated heterocycles. The van der Waals surface area contributed by atoms with Crippen LogP contribution in [0, 0.1) is 17.3 Å². The van der Waals surface area contributed by atoms with Gasteiger partial charge < -0.3 is 10.0 Å². The van der Waals surface area contributed by atoms with Crippen molar-refractivity contribution in [3.05, 3.63) is 0 Å². The van der Waals surface area contributed by atoms with E-state index >= 15 is 0 Å². The lowest BCUT2D eigenvalue weighted by Gasteiger charge is -2.41. The largest absolute Gasteiger partial charge is 0.480 e. The number of rotatable bonds is 6. The van der Waals surface area contributed by atoms with E-state index in [9.17, 15) is 4.79 Å². The van der Waals surface area contributed by atoms with Crippen LogP contribution in [0.2, 0.25) is 0 Å². The van der Waals surface area contributed by atoms with Crippen LogP contribution in [0.1, 0.15) is 66.2 Å². The topological polar surface area (TPSA) is 43.8 Å². The van der Waals surface area contributed by atoms with Gasteiger partial charge in [0.1, 0.15) is 0 Å². The Morgan fingerprint density at radius 3 is 2.12 bits per heavy atom. The summed E-state index contributed by atoms with van der Waals surface area (Å²) in [5.74, 6) is 1.07. The zero-order chi connectivity index (χ0) is 17.7. The lowest BCUT2D eigenvalue weighted by Crippen LogP contribution is -2.47. The first-order chi connectivity index (χ1) is 11.3. The maximum Gasteiger partial charge on any atom is 0.317 e. The van der Waals surface area contributed by atoms with E-state index in [1.807, 2.05) is 0 Å². The number of carboxylic acids is 1. The van der Waals surface area contributed by atoms with Crippen LogP contribution < -0.4 is 0 Å². The average molecular weight is 339 g/mol. The number of piperidine rings is 1. The van der Waals surface area contributed by atoms with E-state index in [0.717, 1.165) is 44.3 Å². The molecule has 0 atom stereocenters. The fourth-order valence-corrected chi connectivity index (χ4v) is 4.72. The molecule has 0 aromatic heterocycles. The number of likely N-dealkylation sites (N-methyl/N-ethyl adjacent to an activating group) is 1. The van der Waals surface area contributed by atoms with Crippen molar-refractivity contribution < 1.29 is 9.90 Å². The molecule has 24 heavy (non-hydrogen) atoms. The Hall–Kier alpha value is -0.610. The molecule has 4 nitrogen and oxygen atoms in total. The maximum absolute atomic E-state index is 11.0. The zero-order valence-corrected chi connectivity index (χ0v) is 16.3. The Bertz CT molecular complexity index is 389. The van der Waals surface area contributed by atoms with Gasteiger partial charge >= 0.3 is 5.97 Å². The van der Waals surface area contributed by atoms with E-state index in [-0.39, 0.29) is 6.54 Å². The summed E-state index contributed by atoms with van der Waals surface area (Å²) in [4.78, 5) is 15.7. The Morgan fingerprint density at radius 1 is 1.08 bits per heavy atom. The Morgan fingerprint density at radius 2 is 1.67 bits per heavy atom. The standard InChI is InChI=1S/C20H38N2O2/c1-5-22(15-19(23)24)18-10-12-21(13-11-18)14-16-6-8-17(9-7-16)20(2,3)4/h16-18H,5-15H2,1-4H3,(H,23,24). The normalized spacial score (nSPS) is 27.5. The van der Waals surface area contributed by atoms with Gasteiger partial charge in [-0.2, -0.15) is 0 Å². The summed E-state index contributed by atoms with van der Waals surface area (Å²) in [6.07, 6.45) is 7.82. The van der Waals surface area contributed by atoms with Crippen molar-refractivity contribution in [2.45, 2.75) is 72.3 Å². The Kier molecular flexibility index (Phi) is 7.11. The van der Waals surface area contributed by atoms with Crippen LogP contribution in [0.4, 0.5) is 0 Å². The molecule has 2 rings (SSSR count). The van der Waals surface area contributed by atoms with Gasteiger partial charge in [-0.1, -0.05) is 27.7 Å². The van der Waals surface area contributed by atoms with E-state index in [0.29, 0.717) is 11.5 Å². The predicted octanol–water partition coefficient (Wildman–Crippen LogP) is 3.71. The summed E-state index contributed by atoms with van der Waals surface area (Å²) in [5.41, 5.74) is 0.469. The highest BCUT2D eigenvalue weighted by atomic mass is 16.4. The van der Waals surface area contributed by atoms with E-state index in [4.69, 9.17) is 5.11 Å². The minimum Gasteiger partial charge on any atom is -0.480 e. The van der Waals surface area contributed by atoms with Crippen LogP contribution in [0.25, 0.3) is 0 Å². The highest BCUT2D eigenvalue weighted by Gasteiger charge is 2.31. The van der Waals surface area contributed by atoms with Crippen molar-refractivity contribution in [3.8, 4) is 0 Å². The van der Waals surface area contributed by atoms with Crippen molar-refractivity contribution in [3.63, 3.8) is 0 Å². The van der Waals surface area contributed by atoms with Gasteiger partial charge in [-0.05, 0) is 75.4 Å². The molecule has 0 aromatic rings. The summed E-state index contributed by atoms with van der Waals surface area (Å²) < 4.78 is 0. The molecular weight excluding hydrogens is 300 g/mol. The highest BCUT2D eigenvalue weighted by Crippen LogP contribution is 2.40. The second kappa shape index (κ2) is 8.66. The number of hydrogen-bond donors (Lipinski definition) is 1. The van der Waals surface area contributed by atoms with Crippen LogP contribution in [0.5, 0.6) is 0 Å². The average Bonchev–Trinajstić information content (AvgIpc) is 2.53. The molecule has 4 heteroatoms. The van der Waals surface area contributed by atoms with Crippen LogP contribution in [0.3, 0.4) is 0 Å². The number of likely N-dealkylation sites (tertiary alicyclic amines) is 1. The lowest BCUT2D eigenvalue weighted by molar-refractivity contribution is -0.139. The van der Waals surface area contributed by atoms with E-state index in [1.165, 1.54) is 32.2 Å². The minimum absolute atomic E-state index is 0.192. The number of carbonyl (C=O) groups is 1. The molecule has 1 aliphatic heterocycles. The summed E-state index contributed by atoms with van der Waals surface area (Å²) in [6, 6.07) is 0.457. The van der Waals surface area contributed by atoms with Crippen LogP contribution in [-0.4, -0.2) is 59.6 Å². The first kappa shape index (κ1) is 19.7. The first-order valence-electron chi connectivity index (χ1n) is 9.97. The molecule has 1 heterocycles. The van der Waals surface area contributed by atoms with Crippen molar-refractivity contribution in [2.24, 2.45) is 17.3 Å². The van der Waals surface area contributed by atoms with Crippen molar-refractivity contribution in [1.29, 1.82) is 0 Å². The summed E-state index contributed by atoms with van der Waals surface area (Å²) >= 11 is 0. The molecule has 0 spiro atoms. The van der Waals surface area contributed by atoms with Gasteiger partial charge in [-0.15, -0.1) is 0 Å². The van der Waals surface area contributed by atoms with Crippen molar-refractivity contribution in [1.82, 2.24) is 9.80 Å². The summed E-state index contributed by atoms with van der Waals surface area (Å²) in [5, 5.41) is 9.04. The first-order valence-corrected chi connectivity index (χ1v) is 9.97. The Balaban J connectivity index is 1.71. The van der Waals surface area contributed by atoms with Gasteiger partial charge in [-0.25, -0.2) is 0 Å². The third-order valence-corrected chi connectivity index (χ3v) is 6.41. The molecule has 1 aliphatic carbocycles. The minimum atomic E-state index is -0.699. The summed E-state index contributed by atoms with van der Waals surface area (Å²) in [6.45, 7) is 13.8. The molecule has 0 radical (unpaired) electrons. The highest BCUT2D eigenvalue weighted by molar-refractivity contribution is 5.69. The van der Waals surface area contributed by atoms with E-state index in [1.54, 1.807) is 0 Å². The second-order valence-corrected chi connectivity index (χ2v) is 9.07. The van der Waals surface area contributed by atoms with Gasteiger partial charge in [0.2, 0.25) is 0 Å². The zero-order valence-electron chi connectivity index (χ0n) is 16.3. The van der Waals surface area contributed by atoms with Gasteiger partial charge in [0.25, 0.3) is 0 Å². The molecule has 0 unspecified atom stereocenters. The monoisotopic (exact) mass is 338 g/mol. The van der Waals surface area contributed by atoms with Crippen molar-refractivity contribution in [2.75, 3.05) is 32.7 Å². The maximum atomic E-state index is 11.0. The molecular formula is C20H38N2O2. The summed E-state index contributed by atoms with van der Waals surface area (Å²) in [7, 11) is 0. The molecule has 0 bridgehead atoms. The molecule has 140 valence electrons. The van der Waals surface area contributed by atoms with E-state index < -0.39 is 5.97 Å². The molecule has 2 fully saturated rings. The smallest absolute Gasteiger partial charge is 0.317 e. The Labute approximate surface area is 148 Å². The number of carboxylic acid groups (broad SMARTS) is 1. The van der Waals surface area contributed by atoms with Crippen LogP contribution in [-0.2, 0) is 4.79 Å². The van der Waals surface area contributed by atoms with Crippen molar-refractivity contribution >= 4 is 5.97 Å². The quantitative estimate of drug-likeness (QED) is 0.802. The van der Waals surface area contributed by atoms with E-state index in [2.05, 4.69) is 37.5 Å². The third-order valence-electron chi connectivity index (χ3n) is 6.41. The second-order valence-electron chi connectivity index (χ2n) is 9.07. The number of aliphatic carboxylic acids is 1. The lowest BCUT2D eigenvalue weighted by atomic mass is 9.70. The van der Waals surface area contributed by atoms with Gasteiger partial charge in [0.05, 0.1) is 6.54 Å². The molecule has 2 aliphatic rings. The van der Waals surface area contributed by atoms with Crippen LogP contribution in [0.15, 0.2) is 0 Å². The molecule has 1 saturated carbocycles. The predicted molar refractivity (Wildman–Crippen MR) is 99.2 cm³/mol. The fourth-order valence-electron chi connectivity index (χ4n) is 4.72. The van der Waals surface area contributed by atoms with Gasteiger partial charge in [-0.3, -0.25) is 9.69 Å². The number of nitrogens with zero attached hydrogens (tertiary/aromatic N) is 2. The van der Waals surface area contributed by atoms with Gasteiger partial charge in [0.15, 0.2) is 0 Å². The molecule has 0 aromatic carbocycles. The number of hydrogen-bond acceptors (Lipinski definition) is 3.